The number of hydrogen-bond donors (Lipinski definition) is 1. The molecule has 0 radical (unpaired) electrons. The molecule has 3 aliphatic rings. The maximum atomic E-state index is 12.7. The SMILES string of the molecule is CCN1CCC(N2CCC(N3CCCC(C(=O)NCc4ccccn4)C3)CC2)CC1. The smallest absolute Gasteiger partial charge is 0.224 e. The maximum Gasteiger partial charge on any atom is 0.224 e. The normalized spacial score (nSPS) is 26.0. The lowest BCUT2D eigenvalue weighted by atomic mass is 9.92. The summed E-state index contributed by atoms with van der Waals surface area (Å²) in [7, 11) is 0. The monoisotopic (exact) mass is 413 g/mol. The molecule has 3 saturated heterocycles. The fourth-order valence-electron chi connectivity index (χ4n) is 5.59. The van der Waals surface area contributed by atoms with E-state index in [0.717, 1.165) is 37.7 Å². The van der Waals surface area contributed by atoms with Crippen LogP contribution in [0.5, 0.6) is 0 Å². The molecule has 0 spiro atoms. The van der Waals surface area contributed by atoms with Gasteiger partial charge in [-0.1, -0.05) is 13.0 Å². The van der Waals surface area contributed by atoms with Crippen molar-refractivity contribution in [2.45, 2.75) is 64.1 Å². The zero-order chi connectivity index (χ0) is 20.8. The Balaban J connectivity index is 1.21. The molecule has 1 atom stereocenters. The molecule has 0 aliphatic carbocycles. The van der Waals surface area contributed by atoms with Crippen LogP contribution in [0.4, 0.5) is 0 Å². The van der Waals surface area contributed by atoms with Crippen LogP contribution < -0.4 is 5.32 Å². The first-order chi connectivity index (χ1) is 14.7. The topological polar surface area (TPSA) is 51.7 Å². The first kappa shape index (κ1) is 21.7. The van der Waals surface area contributed by atoms with E-state index < -0.39 is 0 Å². The Morgan fingerprint density at radius 1 is 1.00 bits per heavy atom. The summed E-state index contributed by atoms with van der Waals surface area (Å²) in [6, 6.07) is 7.29. The van der Waals surface area contributed by atoms with Gasteiger partial charge < -0.3 is 15.1 Å². The Bertz CT molecular complexity index is 653. The fourth-order valence-corrected chi connectivity index (χ4v) is 5.59. The minimum atomic E-state index is 0.124. The Labute approximate surface area is 182 Å². The Morgan fingerprint density at radius 2 is 1.73 bits per heavy atom. The van der Waals surface area contributed by atoms with E-state index in [0.29, 0.717) is 12.6 Å². The molecule has 1 amide bonds. The summed E-state index contributed by atoms with van der Waals surface area (Å²) >= 11 is 0. The van der Waals surface area contributed by atoms with E-state index >= 15 is 0 Å². The van der Waals surface area contributed by atoms with Crippen LogP contribution in [-0.4, -0.2) is 83.5 Å². The van der Waals surface area contributed by atoms with Gasteiger partial charge in [0.25, 0.3) is 0 Å². The number of carbonyl (C=O) groups is 1. The number of amides is 1. The van der Waals surface area contributed by atoms with E-state index in [4.69, 9.17) is 0 Å². The molecule has 1 unspecified atom stereocenters. The molecule has 30 heavy (non-hydrogen) atoms. The number of rotatable bonds is 6. The molecule has 6 heteroatoms. The third kappa shape index (κ3) is 5.59. The number of hydrogen-bond acceptors (Lipinski definition) is 5. The van der Waals surface area contributed by atoms with Crippen LogP contribution in [0.25, 0.3) is 0 Å². The second-order valence-corrected chi connectivity index (χ2v) is 9.31. The average Bonchev–Trinajstić information content (AvgIpc) is 2.83. The van der Waals surface area contributed by atoms with E-state index in [2.05, 4.69) is 31.9 Å². The lowest BCUT2D eigenvalue weighted by molar-refractivity contribution is -0.127. The highest BCUT2D eigenvalue weighted by Gasteiger charge is 2.33. The van der Waals surface area contributed by atoms with Crippen LogP contribution in [0.15, 0.2) is 24.4 Å². The van der Waals surface area contributed by atoms with Gasteiger partial charge in [0, 0.05) is 24.8 Å². The predicted octanol–water partition coefficient (Wildman–Crippen LogP) is 2.36. The first-order valence-electron chi connectivity index (χ1n) is 12.1. The third-order valence-corrected chi connectivity index (χ3v) is 7.53. The van der Waals surface area contributed by atoms with Crippen LogP contribution in [0, 0.1) is 5.92 Å². The minimum absolute atomic E-state index is 0.124. The van der Waals surface area contributed by atoms with Gasteiger partial charge in [0.1, 0.15) is 0 Å². The van der Waals surface area contributed by atoms with Gasteiger partial charge >= 0.3 is 0 Å². The second-order valence-electron chi connectivity index (χ2n) is 9.31. The maximum absolute atomic E-state index is 12.7. The van der Waals surface area contributed by atoms with Crippen molar-refractivity contribution in [1.29, 1.82) is 0 Å². The average molecular weight is 414 g/mol. The predicted molar refractivity (Wildman–Crippen MR) is 120 cm³/mol. The van der Waals surface area contributed by atoms with Gasteiger partial charge in [0.05, 0.1) is 18.2 Å². The Morgan fingerprint density at radius 3 is 2.43 bits per heavy atom. The summed E-state index contributed by atoms with van der Waals surface area (Å²) in [5, 5.41) is 3.11. The lowest BCUT2D eigenvalue weighted by Gasteiger charge is -2.45. The molecule has 3 aliphatic heterocycles. The molecule has 1 aromatic rings. The van der Waals surface area contributed by atoms with Crippen LogP contribution in [0.2, 0.25) is 0 Å². The highest BCUT2D eigenvalue weighted by atomic mass is 16.1. The van der Waals surface area contributed by atoms with Crippen molar-refractivity contribution in [2.75, 3.05) is 45.8 Å². The van der Waals surface area contributed by atoms with Crippen LogP contribution >= 0.6 is 0 Å². The second kappa shape index (κ2) is 10.7. The minimum Gasteiger partial charge on any atom is -0.350 e. The van der Waals surface area contributed by atoms with Crippen molar-refractivity contribution in [1.82, 2.24) is 25.0 Å². The zero-order valence-electron chi connectivity index (χ0n) is 18.6. The van der Waals surface area contributed by atoms with E-state index in [9.17, 15) is 4.79 Å². The highest BCUT2D eigenvalue weighted by molar-refractivity contribution is 5.78. The number of nitrogens with one attached hydrogen (secondary N) is 1. The zero-order valence-corrected chi connectivity index (χ0v) is 18.6. The summed E-state index contributed by atoms with van der Waals surface area (Å²) < 4.78 is 0. The lowest BCUT2D eigenvalue weighted by Crippen LogP contribution is -2.53. The number of aromatic nitrogens is 1. The molecule has 0 saturated carbocycles. The largest absolute Gasteiger partial charge is 0.350 e. The van der Waals surface area contributed by atoms with Crippen molar-refractivity contribution in [2.24, 2.45) is 5.92 Å². The van der Waals surface area contributed by atoms with Gasteiger partial charge in [0.2, 0.25) is 5.91 Å². The summed E-state index contributed by atoms with van der Waals surface area (Å²) in [6.07, 6.45) is 9.12. The summed E-state index contributed by atoms with van der Waals surface area (Å²) in [4.78, 5) is 25.0. The van der Waals surface area contributed by atoms with Gasteiger partial charge in [-0.25, -0.2) is 0 Å². The Kier molecular flexibility index (Phi) is 7.74. The molecular weight excluding hydrogens is 374 g/mol. The van der Waals surface area contributed by atoms with Crippen molar-refractivity contribution >= 4 is 5.91 Å². The summed E-state index contributed by atoms with van der Waals surface area (Å²) in [5.41, 5.74) is 0.927. The van der Waals surface area contributed by atoms with Gasteiger partial charge in [-0.3, -0.25) is 14.7 Å². The summed E-state index contributed by atoms with van der Waals surface area (Å²) in [5.74, 6) is 0.323. The van der Waals surface area contributed by atoms with E-state index in [1.54, 1.807) is 6.20 Å². The molecule has 1 N–H and O–H groups in total. The van der Waals surface area contributed by atoms with E-state index in [1.807, 2.05) is 18.2 Å². The number of likely N-dealkylation sites (tertiary alicyclic amines) is 3. The van der Waals surface area contributed by atoms with E-state index in [-0.39, 0.29) is 11.8 Å². The molecule has 4 heterocycles. The van der Waals surface area contributed by atoms with Crippen LogP contribution in [0.3, 0.4) is 0 Å². The van der Waals surface area contributed by atoms with E-state index in [1.165, 1.54) is 58.4 Å². The third-order valence-electron chi connectivity index (χ3n) is 7.53. The molecule has 0 aromatic carbocycles. The van der Waals surface area contributed by atoms with Crippen LogP contribution in [-0.2, 0) is 11.3 Å². The molecule has 3 fully saturated rings. The molecule has 0 bridgehead atoms. The number of piperidine rings is 3. The van der Waals surface area contributed by atoms with Crippen LogP contribution in [0.1, 0.15) is 51.1 Å². The Hall–Kier alpha value is -1.50. The van der Waals surface area contributed by atoms with Crippen molar-refractivity contribution in [3.63, 3.8) is 0 Å². The standard InChI is InChI=1S/C24H39N5O/c1-2-27-14-8-22(9-15-27)28-16-10-23(11-17-28)29-13-5-6-20(19-29)24(30)26-18-21-7-3-4-12-25-21/h3-4,7,12,20,22-23H,2,5-6,8-11,13-19H2,1H3,(H,26,30). The van der Waals surface area contributed by atoms with Gasteiger partial charge in [-0.05, 0) is 89.9 Å². The number of nitrogens with zero attached hydrogens (tertiary/aromatic N) is 4. The molecule has 4 rings (SSSR count). The van der Waals surface area contributed by atoms with Gasteiger partial charge in [-0.2, -0.15) is 0 Å². The number of carbonyl (C=O) groups excluding carboxylic acids is 1. The first-order valence-corrected chi connectivity index (χ1v) is 12.1. The highest BCUT2D eigenvalue weighted by Crippen LogP contribution is 2.27. The molecule has 166 valence electrons. The molecule has 6 nitrogen and oxygen atoms in total. The van der Waals surface area contributed by atoms with Gasteiger partial charge in [-0.15, -0.1) is 0 Å². The number of pyridine rings is 1. The van der Waals surface area contributed by atoms with Gasteiger partial charge in [0.15, 0.2) is 0 Å². The van der Waals surface area contributed by atoms with Crippen molar-refractivity contribution < 1.29 is 4.79 Å². The molecule has 1 aromatic heterocycles. The molecular formula is C24H39N5O. The fraction of sp³-hybridized carbons (Fsp3) is 0.750. The van der Waals surface area contributed by atoms with Crippen molar-refractivity contribution in [3.05, 3.63) is 30.1 Å². The summed E-state index contributed by atoms with van der Waals surface area (Å²) in [6.45, 7) is 11.1. The quantitative estimate of drug-likeness (QED) is 0.776. The van der Waals surface area contributed by atoms with Crippen molar-refractivity contribution in [3.8, 4) is 0 Å².